The number of anilines is 2. The van der Waals surface area contributed by atoms with E-state index in [4.69, 9.17) is 11.0 Å². The molecule has 1 heterocycles. The van der Waals surface area contributed by atoms with Gasteiger partial charge in [0, 0.05) is 25.2 Å². The van der Waals surface area contributed by atoms with Crippen LogP contribution in [0.4, 0.5) is 11.4 Å². The van der Waals surface area contributed by atoms with E-state index in [1.54, 1.807) is 12.1 Å². The van der Waals surface area contributed by atoms with Gasteiger partial charge < -0.3 is 11.1 Å². The van der Waals surface area contributed by atoms with Gasteiger partial charge in [0.25, 0.3) is 0 Å². The fraction of sp³-hybridized carbons (Fsp3) is 0.500. The van der Waals surface area contributed by atoms with Gasteiger partial charge in [-0.05, 0) is 37.5 Å². The van der Waals surface area contributed by atoms with Gasteiger partial charge in [-0.3, -0.25) is 4.90 Å². The van der Waals surface area contributed by atoms with Crippen LogP contribution < -0.4 is 11.1 Å². The first kappa shape index (κ1) is 11.4. The van der Waals surface area contributed by atoms with Gasteiger partial charge in [-0.1, -0.05) is 0 Å². The summed E-state index contributed by atoms with van der Waals surface area (Å²) in [7, 11) is 0. The van der Waals surface area contributed by atoms with Crippen LogP contribution in [0.5, 0.6) is 0 Å². The molecule has 3 N–H and O–H groups in total. The molecule has 2 aliphatic rings. The third-order valence-electron chi connectivity index (χ3n) is 3.82. The quantitative estimate of drug-likeness (QED) is 0.793. The fourth-order valence-electron chi connectivity index (χ4n) is 2.65. The lowest BCUT2D eigenvalue weighted by Crippen LogP contribution is -2.28. The van der Waals surface area contributed by atoms with Gasteiger partial charge in [0.15, 0.2) is 0 Å². The number of likely N-dealkylation sites (tertiary alicyclic amines) is 1. The smallest absolute Gasteiger partial charge is 0.0992 e. The lowest BCUT2D eigenvalue weighted by Gasteiger charge is -2.17. The Morgan fingerprint density at radius 2 is 2.17 bits per heavy atom. The van der Waals surface area contributed by atoms with E-state index in [0.717, 1.165) is 30.4 Å². The van der Waals surface area contributed by atoms with E-state index < -0.39 is 0 Å². The first-order valence-electron chi connectivity index (χ1n) is 6.56. The number of nitriles is 1. The second-order valence-corrected chi connectivity index (χ2v) is 5.27. The first-order chi connectivity index (χ1) is 8.76. The van der Waals surface area contributed by atoms with Gasteiger partial charge in [-0.15, -0.1) is 0 Å². The Morgan fingerprint density at radius 3 is 2.89 bits per heavy atom. The van der Waals surface area contributed by atoms with E-state index in [-0.39, 0.29) is 0 Å². The number of nitrogens with two attached hydrogens (primary N) is 1. The van der Waals surface area contributed by atoms with Gasteiger partial charge in [0.2, 0.25) is 0 Å². The normalized spacial score (nSPS) is 23.8. The highest BCUT2D eigenvalue weighted by Crippen LogP contribution is 2.31. The highest BCUT2D eigenvalue weighted by molar-refractivity contribution is 5.68. The van der Waals surface area contributed by atoms with Gasteiger partial charge in [-0.25, -0.2) is 0 Å². The van der Waals surface area contributed by atoms with E-state index in [1.165, 1.54) is 19.4 Å². The molecule has 1 aromatic carbocycles. The van der Waals surface area contributed by atoms with Crippen LogP contribution in [0.3, 0.4) is 0 Å². The second-order valence-electron chi connectivity index (χ2n) is 5.27. The summed E-state index contributed by atoms with van der Waals surface area (Å²) < 4.78 is 0. The molecule has 3 rings (SSSR count). The summed E-state index contributed by atoms with van der Waals surface area (Å²) in [6.07, 6.45) is 3.88. The summed E-state index contributed by atoms with van der Waals surface area (Å²) in [6.45, 7) is 2.28. The van der Waals surface area contributed by atoms with Crippen molar-refractivity contribution in [2.24, 2.45) is 0 Å². The molecule has 1 saturated carbocycles. The fourth-order valence-corrected chi connectivity index (χ4v) is 2.65. The monoisotopic (exact) mass is 242 g/mol. The van der Waals surface area contributed by atoms with Crippen molar-refractivity contribution >= 4 is 11.4 Å². The Balaban J connectivity index is 1.67. The highest BCUT2D eigenvalue weighted by atomic mass is 15.2. The molecular weight excluding hydrogens is 224 g/mol. The lowest BCUT2D eigenvalue weighted by molar-refractivity contribution is 0.326. The minimum atomic E-state index is 0.460. The maximum atomic E-state index is 8.91. The van der Waals surface area contributed by atoms with Crippen molar-refractivity contribution in [2.75, 3.05) is 24.1 Å². The molecule has 1 unspecified atom stereocenters. The van der Waals surface area contributed by atoms with Crippen LogP contribution in [0.1, 0.15) is 24.8 Å². The molecule has 0 aromatic heterocycles. The number of nitrogens with zero attached hydrogens (tertiary/aromatic N) is 2. The van der Waals surface area contributed by atoms with Gasteiger partial charge in [0.1, 0.15) is 0 Å². The van der Waals surface area contributed by atoms with Gasteiger partial charge in [0.05, 0.1) is 23.0 Å². The molecule has 1 aliphatic heterocycles. The van der Waals surface area contributed by atoms with Crippen molar-refractivity contribution in [3.63, 3.8) is 0 Å². The van der Waals surface area contributed by atoms with E-state index in [2.05, 4.69) is 16.3 Å². The number of nitrogen functional groups attached to an aromatic ring is 1. The minimum Gasteiger partial charge on any atom is -0.397 e. The van der Waals surface area contributed by atoms with Crippen LogP contribution in [-0.2, 0) is 0 Å². The van der Waals surface area contributed by atoms with E-state index in [0.29, 0.717) is 11.6 Å². The molecule has 0 bridgehead atoms. The van der Waals surface area contributed by atoms with Crippen LogP contribution in [0.2, 0.25) is 0 Å². The average molecular weight is 242 g/mol. The predicted molar refractivity (Wildman–Crippen MR) is 72.2 cm³/mol. The molecule has 18 heavy (non-hydrogen) atoms. The summed E-state index contributed by atoms with van der Waals surface area (Å²) in [5.41, 5.74) is 8.22. The van der Waals surface area contributed by atoms with Crippen LogP contribution >= 0.6 is 0 Å². The molecule has 4 nitrogen and oxygen atoms in total. The van der Waals surface area contributed by atoms with Crippen molar-refractivity contribution in [3.8, 4) is 6.07 Å². The molecule has 0 amide bonds. The van der Waals surface area contributed by atoms with Crippen molar-refractivity contribution in [1.82, 2.24) is 4.90 Å². The number of hydrogen-bond acceptors (Lipinski definition) is 4. The molecular formula is C14H18N4. The summed E-state index contributed by atoms with van der Waals surface area (Å²) in [5, 5.41) is 12.4. The summed E-state index contributed by atoms with van der Waals surface area (Å²) in [6, 6.07) is 8.84. The summed E-state index contributed by atoms with van der Waals surface area (Å²) in [4.78, 5) is 2.56. The largest absolute Gasteiger partial charge is 0.397 e. The Labute approximate surface area is 107 Å². The molecule has 0 radical (unpaired) electrons. The van der Waals surface area contributed by atoms with E-state index >= 15 is 0 Å². The zero-order valence-electron chi connectivity index (χ0n) is 10.4. The van der Waals surface area contributed by atoms with Gasteiger partial charge >= 0.3 is 0 Å². The number of nitrogens with one attached hydrogen (secondary N) is 1. The number of rotatable bonds is 3. The lowest BCUT2D eigenvalue weighted by atomic mass is 10.1. The third kappa shape index (κ3) is 2.27. The molecule has 1 atom stereocenters. The first-order valence-corrected chi connectivity index (χ1v) is 6.56. The standard InChI is InChI=1S/C14H18N4/c15-8-10-1-4-13(16)14(7-10)17-11-5-6-18(9-11)12-2-3-12/h1,4,7,11-12,17H,2-3,5-6,9,16H2. The van der Waals surface area contributed by atoms with Crippen LogP contribution in [0.15, 0.2) is 18.2 Å². The maximum Gasteiger partial charge on any atom is 0.0992 e. The number of hydrogen-bond donors (Lipinski definition) is 2. The SMILES string of the molecule is N#Cc1ccc(N)c(NC2CCN(C3CC3)C2)c1. The van der Waals surface area contributed by atoms with Crippen LogP contribution in [-0.4, -0.2) is 30.1 Å². The Bertz CT molecular complexity index is 487. The average Bonchev–Trinajstić information content (AvgIpc) is 3.13. The summed E-state index contributed by atoms with van der Waals surface area (Å²) in [5.74, 6) is 0. The van der Waals surface area contributed by atoms with Crippen LogP contribution in [0.25, 0.3) is 0 Å². The molecule has 0 spiro atoms. The van der Waals surface area contributed by atoms with E-state index in [1.807, 2.05) is 6.07 Å². The predicted octanol–water partition coefficient (Wildman–Crippen LogP) is 1.79. The molecule has 94 valence electrons. The van der Waals surface area contributed by atoms with Crippen molar-refractivity contribution in [3.05, 3.63) is 23.8 Å². The number of benzene rings is 1. The Kier molecular flexibility index (Phi) is 2.85. The highest BCUT2D eigenvalue weighted by Gasteiger charge is 2.34. The van der Waals surface area contributed by atoms with Crippen LogP contribution in [0, 0.1) is 11.3 Å². The molecule has 4 heteroatoms. The maximum absolute atomic E-state index is 8.91. The van der Waals surface area contributed by atoms with E-state index in [9.17, 15) is 0 Å². The topological polar surface area (TPSA) is 65.1 Å². The molecule has 2 fully saturated rings. The third-order valence-corrected chi connectivity index (χ3v) is 3.82. The summed E-state index contributed by atoms with van der Waals surface area (Å²) >= 11 is 0. The van der Waals surface area contributed by atoms with Crippen molar-refractivity contribution in [1.29, 1.82) is 5.26 Å². The Hall–Kier alpha value is -1.73. The molecule has 1 aromatic rings. The molecule has 1 aliphatic carbocycles. The van der Waals surface area contributed by atoms with Crippen molar-refractivity contribution in [2.45, 2.75) is 31.3 Å². The minimum absolute atomic E-state index is 0.460. The Morgan fingerprint density at radius 1 is 1.33 bits per heavy atom. The second kappa shape index (κ2) is 4.51. The van der Waals surface area contributed by atoms with Gasteiger partial charge in [-0.2, -0.15) is 5.26 Å². The van der Waals surface area contributed by atoms with Crippen molar-refractivity contribution < 1.29 is 0 Å². The molecule has 1 saturated heterocycles. The zero-order chi connectivity index (χ0) is 12.5. The zero-order valence-corrected chi connectivity index (χ0v) is 10.4.